The third-order valence-corrected chi connectivity index (χ3v) is 4.28. The van der Waals surface area contributed by atoms with Crippen molar-refractivity contribution in [3.05, 3.63) is 41.4 Å². The van der Waals surface area contributed by atoms with Gasteiger partial charge in [0.1, 0.15) is 5.82 Å². The Labute approximate surface area is 116 Å². The molecule has 0 spiro atoms. The normalized spacial score (nSPS) is 11.6. The van der Waals surface area contributed by atoms with Gasteiger partial charge in [-0.3, -0.25) is 0 Å². The molecule has 0 fully saturated rings. The van der Waals surface area contributed by atoms with Gasteiger partial charge in [-0.1, -0.05) is 11.6 Å². The van der Waals surface area contributed by atoms with E-state index in [0.717, 1.165) is 5.82 Å². The number of nitrogens with one attached hydrogen (secondary N) is 2. The second-order valence-electron chi connectivity index (χ2n) is 3.87. The van der Waals surface area contributed by atoms with Gasteiger partial charge in [0.05, 0.1) is 15.6 Å². The van der Waals surface area contributed by atoms with Gasteiger partial charge in [0.25, 0.3) is 0 Å². The van der Waals surface area contributed by atoms with Crippen LogP contribution in [0.25, 0.3) is 0 Å². The lowest BCUT2D eigenvalue weighted by Crippen LogP contribution is -2.26. The predicted octanol–water partition coefficient (Wildman–Crippen LogP) is 1.17. The van der Waals surface area contributed by atoms with Gasteiger partial charge in [-0.2, -0.15) is 0 Å². The molecule has 2 aromatic rings. The van der Waals surface area contributed by atoms with Crippen molar-refractivity contribution in [2.45, 2.75) is 11.3 Å². The maximum atomic E-state index is 12.0. The van der Waals surface area contributed by atoms with Crippen LogP contribution in [-0.2, 0) is 16.4 Å². The monoisotopic (exact) mass is 300 g/mol. The number of hydrogen-bond acceptors (Lipinski definition) is 4. The van der Waals surface area contributed by atoms with Crippen molar-refractivity contribution in [1.82, 2.24) is 14.7 Å². The summed E-state index contributed by atoms with van der Waals surface area (Å²) in [7, 11) is -3.58. The van der Waals surface area contributed by atoms with E-state index < -0.39 is 10.0 Å². The van der Waals surface area contributed by atoms with Crippen LogP contribution in [0.2, 0.25) is 5.02 Å². The van der Waals surface area contributed by atoms with Crippen LogP contribution in [0, 0.1) is 0 Å². The summed E-state index contributed by atoms with van der Waals surface area (Å²) in [6.07, 6.45) is 3.78. The highest BCUT2D eigenvalue weighted by Crippen LogP contribution is 2.22. The number of hydrogen-bond donors (Lipinski definition) is 3. The van der Waals surface area contributed by atoms with Crippen LogP contribution < -0.4 is 10.5 Å². The molecule has 0 radical (unpaired) electrons. The zero-order chi connectivity index (χ0) is 13.9. The molecule has 0 atom stereocenters. The Bertz CT molecular complexity index is 655. The summed E-state index contributed by atoms with van der Waals surface area (Å²) in [6.45, 7) is 0.248. The topological polar surface area (TPSA) is 101 Å². The number of halogens is 1. The summed E-state index contributed by atoms with van der Waals surface area (Å²) in [5.41, 5.74) is 5.88. The molecule has 0 aliphatic heterocycles. The van der Waals surface area contributed by atoms with Gasteiger partial charge in [-0.25, -0.2) is 18.1 Å². The average molecular weight is 301 g/mol. The summed E-state index contributed by atoms with van der Waals surface area (Å²) in [5.74, 6) is 0.720. The summed E-state index contributed by atoms with van der Waals surface area (Å²) < 4.78 is 26.4. The van der Waals surface area contributed by atoms with Gasteiger partial charge in [-0.05, 0) is 18.2 Å². The Morgan fingerprint density at radius 2 is 2.21 bits per heavy atom. The highest BCUT2D eigenvalue weighted by Gasteiger charge is 2.14. The molecule has 0 bridgehead atoms. The second kappa shape index (κ2) is 5.60. The lowest BCUT2D eigenvalue weighted by molar-refractivity contribution is 0.581. The van der Waals surface area contributed by atoms with Gasteiger partial charge in [0.2, 0.25) is 10.0 Å². The van der Waals surface area contributed by atoms with E-state index in [1.807, 2.05) is 0 Å². The molecular weight excluding hydrogens is 288 g/mol. The van der Waals surface area contributed by atoms with E-state index in [0.29, 0.717) is 12.1 Å². The fraction of sp³-hybridized carbons (Fsp3) is 0.182. The van der Waals surface area contributed by atoms with Gasteiger partial charge in [0, 0.05) is 25.4 Å². The van der Waals surface area contributed by atoms with Crippen molar-refractivity contribution in [2.24, 2.45) is 0 Å². The van der Waals surface area contributed by atoms with Crippen LogP contribution in [0.15, 0.2) is 35.5 Å². The van der Waals surface area contributed by atoms with E-state index in [-0.39, 0.29) is 16.5 Å². The molecule has 2 rings (SSSR count). The van der Waals surface area contributed by atoms with E-state index in [2.05, 4.69) is 14.7 Å². The summed E-state index contributed by atoms with van der Waals surface area (Å²) in [5, 5.41) is 0.217. The number of sulfonamides is 1. The highest BCUT2D eigenvalue weighted by atomic mass is 35.5. The number of aromatic nitrogens is 2. The molecule has 0 unspecified atom stereocenters. The fourth-order valence-electron chi connectivity index (χ4n) is 1.50. The SMILES string of the molecule is Nc1ccc(S(=O)(=O)NCCc2ncc[nH]2)cc1Cl. The van der Waals surface area contributed by atoms with Crippen molar-refractivity contribution < 1.29 is 8.42 Å². The first kappa shape index (κ1) is 13.9. The van der Waals surface area contributed by atoms with E-state index >= 15 is 0 Å². The molecular formula is C11H13ClN4O2S. The Morgan fingerprint density at radius 1 is 1.42 bits per heavy atom. The molecule has 0 saturated heterocycles. The first-order valence-electron chi connectivity index (χ1n) is 5.52. The van der Waals surface area contributed by atoms with Gasteiger partial charge in [0.15, 0.2) is 0 Å². The number of benzene rings is 1. The molecule has 4 N–H and O–H groups in total. The van der Waals surface area contributed by atoms with Crippen LogP contribution in [0.1, 0.15) is 5.82 Å². The number of aromatic amines is 1. The lowest BCUT2D eigenvalue weighted by atomic mass is 10.3. The first-order valence-corrected chi connectivity index (χ1v) is 7.38. The number of nitrogen functional groups attached to an aromatic ring is 1. The molecule has 1 heterocycles. The predicted molar refractivity (Wildman–Crippen MR) is 73.3 cm³/mol. The first-order chi connectivity index (χ1) is 8.99. The maximum Gasteiger partial charge on any atom is 0.240 e. The lowest BCUT2D eigenvalue weighted by Gasteiger charge is -2.07. The Balaban J connectivity index is 2.03. The average Bonchev–Trinajstić information content (AvgIpc) is 2.85. The zero-order valence-electron chi connectivity index (χ0n) is 9.93. The molecule has 0 saturated carbocycles. The Kier molecular flexibility index (Phi) is 4.08. The van der Waals surface area contributed by atoms with Crippen molar-refractivity contribution in [1.29, 1.82) is 0 Å². The maximum absolute atomic E-state index is 12.0. The molecule has 0 aliphatic rings. The summed E-state index contributed by atoms with van der Waals surface area (Å²) in [6, 6.07) is 4.20. The van der Waals surface area contributed by atoms with Crippen molar-refractivity contribution in [3.63, 3.8) is 0 Å². The number of nitrogens with zero attached hydrogens (tertiary/aromatic N) is 1. The number of imidazole rings is 1. The van der Waals surface area contributed by atoms with Crippen molar-refractivity contribution >= 4 is 27.3 Å². The van der Waals surface area contributed by atoms with E-state index in [4.69, 9.17) is 17.3 Å². The van der Waals surface area contributed by atoms with E-state index in [9.17, 15) is 8.42 Å². The second-order valence-corrected chi connectivity index (χ2v) is 6.04. The van der Waals surface area contributed by atoms with Gasteiger partial charge >= 0.3 is 0 Å². The van der Waals surface area contributed by atoms with Gasteiger partial charge in [-0.15, -0.1) is 0 Å². The Hall–Kier alpha value is -1.57. The van der Waals surface area contributed by atoms with Crippen LogP contribution in [0.4, 0.5) is 5.69 Å². The van der Waals surface area contributed by atoms with Crippen LogP contribution >= 0.6 is 11.6 Å². The van der Waals surface area contributed by atoms with Crippen molar-refractivity contribution in [2.75, 3.05) is 12.3 Å². The zero-order valence-corrected chi connectivity index (χ0v) is 11.5. The molecule has 102 valence electrons. The number of anilines is 1. The molecule has 1 aromatic carbocycles. The standard InChI is InChI=1S/C11H13ClN4O2S/c12-9-7-8(1-2-10(9)13)19(17,18)16-4-3-11-14-5-6-15-11/h1-2,5-7,16H,3-4,13H2,(H,14,15). The van der Waals surface area contributed by atoms with E-state index in [1.54, 1.807) is 12.4 Å². The minimum Gasteiger partial charge on any atom is -0.398 e. The molecule has 0 aliphatic carbocycles. The summed E-state index contributed by atoms with van der Waals surface area (Å²) >= 11 is 5.80. The van der Waals surface area contributed by atoms with Crippen LogP contribution in [-0.4, -0.2) is 24.9 Å². The summed E-state index contributed by atoms with van der Waals surface area (Å²) in [4.78, 5) is 6.99. The highest BCUT2D eigenvalue weighted by molar-refractivity contribution is 7.89. The molecule has 0 amide bonds. The minimum absolute atomic E-state index is 0.0890. The van der Waals surface area contributed by atoms with E-state index in [1.165, 1.54) is 18.2 Å². The molecule has 6 nitrogen and oxygen atoms in total. The van der Waals surface area contributed by atoms with Gasteiger partial charge < -0.3 is 10.7 Å². The quantitative estimate of drug-likeness (QED) is 0.721. The number of nitrogens with two attached hydrogens (primary N) is 1. The Morgan fingerprint density at radius 3 is 2.84 bits per heavy atom. The third kappa shape index (κ3) is 3.46. The largest absolute Gasteiger partial charge is 0.398 e. The van der Waals surface area contributed by atoms with Crippen LogP contribution in [0.5, 0.6) is 0 Å². The number of H-pyrrole nitrogens is 1. The van der Waals surface area contributed by atoms with Crippen molar-refractivity contribution in [3.8, 4) is 0 Å². The fourth-order valence-corrected chi connectivity index (χ4v) is 2.80. The molecule has 8 heteroatoms. The molecule has 1 aromatic heterocycles. The molecule has 19 heavy (non-hydrogen) atoms. The number of rotatable bonds is 5. The third-order valence-electron chi connectivity index (χ3n) is 2.49. The van der Waals surface area contributed by atoms with Crippen LogP contribution in [0.3, 0.4) is 0 Å². The minimum atomic E-state index is -3.58. The smallest absolute Gasteiger partial charge is 0.240 e.